The summed E-state index contributed by atoms with van der Waals surface area (Å²) in [7, 11) is -1.87. The van der Waals surface area contributed by atoms with Crippen molar-refractivity contribution in [1.82, 2.24) is 10.3 Å². The number of benzene rings is 2. The molecular weight excluding hydrogens is 412 g/mol. The van der Waals surface area contributed by atoms with Crippen molar-refractivity contribution >= 4 is 8.38 Å². The molecule has 0 bridgehead atoms. The van der Waals surface area contributed by atoms with E-state index in [0.29, 0.717) is 36.9 Å². The molecule has 158 valence electrons. The topological polar surface area (TPSA) is 65.4 Å². The number of halogens is 3. The van der Waals surface area contributed by atoms with Crippen LogP contribution in [-0.2, 0) is 12.7 Å². The fourth-order valence-corrected chi connectivity index (χ4v) is 3.49. The molecule has 3 N–H and O–H groups in total. The Kier molecular flexibility index (Phi) is 7.56. The lowest BCUT2D eigenvalue weighted by Gasteiger charge is -2.13. The second kappa shape index (κ2) is 10.1. The first-order chi connectivity index (χ1) is 14.3. The van der Waals surface area contributed by atoms with Gasteiger partial charge in [-0.15, -0.1) is 0 Å². The van der Waals surface area contributed by atoms with Gasteiger partial charge in [-0.1, -0.05) is 48.5 Å². The Hall–Kier alpha value is -2.31. The fourth-order valence-electron chi connectivity index (χ4n) is 3.05. The molecular formula is C22H22F3N2O2P. The fraction of sp³-hybridized carbons (Fsp3) is 0.227. The molecule has 0 aliphatic carbocycles. The van der Waals surface area contributed by atoms with Crippen LogP contribution in [0.1, 0.15) is 17.7 Å². The van der Waals surface area contributed by atoms with Crippen molar-refractivity contribution in [2.24, 2.45) is 0 Å². The van der Waals surface area contributed by atoms with Crippen LogP contribution in [0.25, 0.3) is 22.4 Å². The second-order valence-corrected chi connectivity index (χ2v) is 7.96. The molecule has 0 fully saturated rings. The van der Waals surface area contributed by atoms with Crippen LogP contribution in [0.15, 0.2) is 66.7 Å². The quantitative estimate of drug-likeness (QED) is 0.336. The number of nitrogens with zero attached hydrogens (tertiary/aromatic N) is 1. The van der Waals surface area contributed by atoms with E-state index >= 15 is 0 Å². The summed E-state index contributed by atoms with van der Waals surface area (Å²) < 4.78 is 38.7. The lowest BCUT2D eigenvalue weighted by Crippen LogP contribution is -2.16. The molecule has 8 heteroatoms. The van der Waals surface area contributed by atoms with Gasteiger partial charge in [0, 0.05) is 23.8 Å². The molecule has 0 aliphatic rings. The van der Waals surface area contributed by atoms with Crippen molar-refractivity contribution in [3.05, 3.63) is 78.0 Å². The van der Waals surface area contributed by atoms with E-state index in [0.717, 1.165) is 29.0 Å². The number of alkyl halides is 3. The highest BCUT2D eigenvalue weighted by molar-refractivity contribution is 7.45. The van der Waals surface area contributed by atoms with Crippen LogP contribution < -0.4 is 5.32 Å². The van der Waals surface area contributed by atoms with Crippen LogP contribution in [0.5, 0.6) is 0 Å². The number of hydrogen-bond donors (Lipinski definition) is 3. The Balaban J connectivity index is 1.86. The van der Waals surface area contributed by atoms with Crippen LogP contribution in [0.2, 0.25) is 0 Å². The molecule has 0 atom stereocenters. The second-order valence-electron chi connectivity index (χ2n) is 6.77. The smallest absolute Gasteiger partial charge is 0.350 e. The van der Waals surface area contributed by atoms with E-state index < -0.39 is 20.1 Å². The summed E-state index contributed by atoms with van der Waals surface area (Å²) in [5.41, 5.74) is 3.10. The van der Waals surface area contributed by atoms with Gasteiger partial charge in [0.05, 0.1) is 17.0 Å². The highest BCUT2D eigenvalue weighted by Gasteiger charge is 2.30. The largest absolute Gasteiger partial charge is 0.416 e. The van der Waals surface area contributed by atoms with Gasteiger partial charge < -0.3 is 15.1 Å². The van der Waals surface area contributed by atoms with Crippen molar-refractivity contribution in [3.63, 3.8) is 0 Å². The minimum atomic E-state index is -4.37. The van der Waals surface area contributed by atoms with Gasteiger partial charge in [0.25, 0.3) is 0 Å². The van der Waals surface area contributed by atoms with Gasteiger partial charge >= 0.3 is 6.18 Å². The minimum absolute atomic E-state index is 0.359. The molecule has 3 rings (SSSR count). The maximum Gasteiger partial charge on any atom is 0.416 e. The van der Waals surface area contributed by atoms with Gasteiger partial charge in [0.15, 0.2) is 8.38 Å². The average molecular weight is 434 g/mol. The Morgan fingerprint density at radius 3 is 2.20 bits per heavy atom. The molecule has 1 heterocycles. The zero-order valence-electron chi connectivity index (χ0n) is 16.1. The molecule has 0 saturated heterocycles. The highest BCUT2D eigenvalue weighted by Crippen LogP contribution is 2.34. The number of pyridine rings is 1. The summed E-state index contributed by atoms with van der Waals surface area (Å²) in [4.78, 5) is 22.6. The van der Waals surface area contributed by atoms with Gasteiger partial charge in [-0.3, -0.25) is 4.98 Å². The molecule has 3 aromatic rings. The highest BCUT2D eigenvalue weighted by atomic mass is 31.2. The van der Waals surface area contributed by atoms with Gasteiger partial charge in [-0.05, 0) is 36.7 Å². The average Bonchev–Trinajstić information content (AvgIpc) is 2.73. The van der Waals surface area contributed by atoms with Crippen molar-refractivity contribution in [2.45, 2.75) is 19.1 Å². The van der Waals surface area contributed by atoms with E-state index in [9.17, 15) is 13.2 Å². The van der Waals surface area contributed by atoms with Gasteiger partial charge in [-0.25, -0.2) is 0 Å². The third-order valence-corrected chi connectivity index (χ3v) is 5.26. The minimum Gasteiger partial charge on any atom is -0.350 e. The maximum absolute atomic E-state index is 12.9. The van der Waals surface area contributed by atoms with Crippen molar-refractivity contribution in [2.75, 3.05) is 12.7 Å². The number of hydrogen-bond acceptors (Lipinski definition) is 4. The van der Waals surface area contributed by atoms with Crippen LogP contribution >= 0.6 is 8.38 Å². The Morgan fingerprint density at radius 2 is 1.57 bits per heavy atom. The summed E-state index contributed by atoms with van der Waals surface area (Å²) in [6.07, 6.45) is -3.37. The molecule has 0 saturated carbocycles. The number of rotatable bonds is 8. The molecule has 0 radical (unpaired) electrons. The monoisotopic (exact) mass is 434 g/mol. The van der Waals surface area contributed by atoms with Crippen LogP contribution in [0.3, 0.4) is 0 Å². The predicted molar refractivity (Wildman–Crippen MR) is 113 cm³/mol. The van der Waals surface area contributed by atoms with Crippen molar-refractivity contribution in [1.29, 1.82) is 0 Å². The molecule has 2 aromatic carbocycles. The molecule has 0 amide bonds. The lowest BCUT2D eigenvalue weighted by molar-refractivity contribution is -0.137. The Morgan fingerprint density at radius 1 is 0.867 bits per heavy atom. The van der Waals surface area contributed by atoms with E-state index in [4.69, 9.17) is 14.8 Å². The molecule has 1 aromatic heterocycles. The van der Waals surface area contributed by atoms with Crippen LogP contribution in [0.4, 0.5) is 13.2 Å². The van der Waals surface area contributed by atoms with E-state index in [1.54, 1.807) is 0 Å². The predicted octanol–water partition coefficient (Wildman–Crippen LogP) is 5.21. The molecule has 4 nitrogen and oxygen atoms in total. The number of aromatic nitrogens is 1. The first-order valence-electron chi connectivity index (χ1n) is 9.43. The summed E-state index contributed by atoms with van der Waals surface area (Å²) in [5, 5.41) is 3.22. The lowest BCUT2D eigenvalue weighted by atomic mass is 9.98. The van der Waals surface area contributed by atoms with Crippen molar-refractivity contribution < 1.29 is 23.0 Å². The van der Waals surface area contributed by atoms with E-state index in [1.165, 1.54) is 12.1 Å². The first kappa shape index (κ1) is 22.4. The third-order valence-electron chi connectivity index (χ3n) is 4.54. The zero-order chi connectivity index (χ0) is 21.6. The molecule has 0 aliphatic heterocycles. The Bertz CT molecular complexity index is 949. The normalized spacial score (nSPS) is 11.8. The van der Waals surface area contributed by atoms with Gasteiger partial charge in [-0.2, -0.15) is 13.2 Å². The standard InChI is InChI=1S/C22H22F3N2O2P/c23-22(24,25)18-9-7-16(8-10-18)20-12-11-19(15-26-13-4-14-30(28)29)27-21(20)17-5-2-1-3-6-17/h1-3,5-12,26,28-29H,4,13-15H2. The maximum atomic E-state index is 12.9. The Labute approximate surface area is 174 Å². The van der Waals surface area contributed by atoms with E-state index in [-0.39, 0.29) is 0 Å². The number of nitrogens with one attached hydrogen (secondary N) is 1. The zero-order valence-corrected chi connectivity index (χ0v) is 17.0. The summed E-state index contributed by atoms with van der Waals surface area (Å²) in [5.74, 6) is 0. The van der Waals surface area contributed by atoms with Crippen LogP contribution in [0, 0.1) is 0 Å². The summed E-state index contributed by atoms with van der Waals surface area (Å²) in [6.45, 7) is 1.13. The molecule has 0 spiro atoms. The SMILES string of the molecule is OP(O)CCCNCc1ccc(-c2ccc(C(F)(F)F)cc2)c(-c2ccccc2)n1. The van der Waals surface area contributed by atoms with Gasteiger partial charge in [0.2, 0.25) is 0 Å². The van der Waals surface area contributed by atoms with E-state index in [2.05, 4.69) is 5.32 Å². The third kappa shape index (κ3) is 6.09. The van der Waals surface area contributed by atoms with Crippen LogP contribution in [-0.4, -0.2) is 27.5 Å². The first-order valence-corrected chi connectivity index (χ1v) is 10.9. The summed E-state index contributed by atoms with van der Waals surface area (Å²) >= 11 is 0. The van der Waals surface area contributed by atoms with E-state index in [1.807, 2.05) is 42.5 Å². The van der Waals surface area contributed by atoms with Crippen molar-refractivity contribution in [3.8, 4) is 22.4 Å². The van der Waals surface area contributed by atoms with Gasteiger partial charge in [0.1, 0.15) is 0 Å². The molecule has 30 heavy (non-hydrogen) atoms. The molecule has 0 unspecified atom stereocenters. The summed E-state index contributed by atoms with van der Waals surface area (Å²) in [6, 6.07) is 18.3.